The van der Waals surface area contributed by atoms with E-state index in [0.717, 1.165) is 29.7 Å². The van der Waals surface area contributed by atoms with Crippen LogP contribution in [-0.2, 0) is 25.7 Å². The molecule has 30 heavy (non-hydrogen) atoms. The molecule has 3 rings (SSSR count). The van der Waals surface area contributed by atoms with Gasteiger partial charge in [0.1, 0.15) is 34.8 Å². The van der Waals surface area contributed by atoms with Crippen molar-refractivity contribution in [2.75, 3.05) is 0 Å². The first-order valence-electron chi connectivity index (χ1n) is 9.52. The summed E-state index contributed by atoms with van der Waals surface area (Å²) in [4.78, 5) is 0. The number of aryl methyl sites for hydroxylation is 4. The van der Waals surface area contributed by atoms with Crippen LogP contribution in [0.4, 0.5) is 13.2 Å². The molecular weight excluding hydrogens is 387 g/mol. The van der Waals surface area contributed by atoms with Crippen LogP contribution in [0.1, 0.15) is 27.8 Å². The number of nitrogens with zero attached hydrogens (tertiary/aromatic N) is 1. The number of halogens is 3. The van der Waals surface area contributed by atoms with Crippen molar-refractivity contribution in [2.45, 2.75) is 25.7 Å². The van der Waals surface area contributed by atoms with Gasteiger partial charge >= 0.3 is 0 Å². The molecule has 0 aliphatic carbocycles. The molecule has 0 saturated heterocycles. The topological polar surface area (TPSA) is 33.0 Å². The van der Waals surface area contributed by atoms with Crippen LogP contribution >= 0.6 is 0 Å². The molecule has 0 atom stereocenters. The average molecular weight is 407 g/mol. The molecule has 0 aliphatic heterocycles. The molecule has 0 radical (unpaired) electrons. The van der Waals surface area contributed by atoms with Gasteiger partial charge in [-0.3, -0.25) is 0 Å². The average Bonchev–Trinajstić information content (AvgIpc) is 2.72. The van der Waals surface area contributed by atoms with E-state index < -0.39 is 17.2 Å². The Morgan fingerprint density at radius 1 is 0.767 bits per heavy atom. The van der Waals surface area contributed by atoms with Gasteiger partial charge in [0.25, 0.3) is 0 Å². The van der Waals surface area contributed by atoms with Gasteiger partial charge in [-0.15, -0.1) is 0 Å². The van der Waals surface area contributed by atoms with Crippen LogP contribution in [0.3, 0.4) is 0 Å². The monoisotopic (exact) mass is 407 g/mol. The zero-order chi connectivity index (χ0) is 21.5. The summed E-state index contributed by atoms with van der Waals surface area (Å²) >= 11 is 0. The Morgan fingerprint density at radius 3 is 1.93 bits per heavy atom. The predicted molar refractivity (Wildman–Crippen MR) is 110 cm³/mol. The fraction of sp³-hybridized carbons (Fsp3) is 0.160. The van der Waals surface area contributed by atoms with Crippen LogP contribution in [0, 0.1) is 28.8 Å². The van der Waals surface area contributed by atoms with Crippen molar-refractivity contribution in [2.24, 2.45) is 0 Å². The third-order valence-corrected chi connectivity index (χ3v) is 4.86. The molecule has 0 aliphatic rings. The third-order valence-electron chi connectivity index (χ3n) is 4.86. The summed E-state index contributed by atoms with van der Waals surface area (Å²) < 4.78 is 47.1. The Hall–Kier alpha value is -3.52. The van der Waals surface area contributed by atoms with E-state index in [1.807, 2.05) is 30.3 Å². The van der Waals surface area contributed by atoms with Crippen molar-refractivity contribution in [3.05, 3.63) is 113 Å². The lowest BCUT2D eigenvalue weighted by molar-refractivity contribution is 0.483. The smallest absolute Gasteiger partial charge is 0.144 e. The molecular formula is C25H20F3NO. The van der Waals surface area contributed by atoms with Crippen LogP contribution in [-0.4, -0.2) is 0 Å². The molecule has 3 aromatic carbocycles. The summed E-state index contributed by atoms with van der Waals surface area (Å²) in [7, 11) is 0. The normalized spacial score (nSPS) is 10.5. The molecule has 0 unspecified atom stereocenters. The van der Waals surface area contributed by atoms with E-state index in [9.17, 15) is 13.2 Å². The van der Waals surface area contributed by atoms with Crippen LogP contribution < -0.4 is 4.74 Å². The highest BCUT2D eigenvalue weighted by atomic mass is 19.1. The molecule has 0 spiro atoms. The first kappa shape index (κ1) is 21.2. The van der Waals surface area contributed by atoms with Gasteiger partial charge in [0.15, 0.2) is 0 Å². The minimum Gasteiger partial charge on any atom is -0.466 e. The molecule has 152 valence electrons. The first-order chi connectivity index (χ1) is 14.5. The lowest BCUT2D eigenvalue weighted by Gasteiger charge is -2.08. The molecule has 0 N–H and O–H groups in total. The second-order valence-corrected chi connectivity index (χ2v) is 6.90. The molecule has 0 aromatic heterocycles. The van der Waals surface area contributed by atoms with Gasteiger partial charge in [-0.2, -0.15) is 5.26 Å². The molecule has 0 heterocycles. The minimum absolute atomic E-state index is 0.273. The number of nitriles is 1. The van der Waals surface area contributed by atoms with Crippen molar-refractivity contribution in [3.63, 3.8) is 0 Å². The van der Waals surface area contributed by atoms with Crippen molar-refractivity contribution < 1.29 is 17.9 Å². The third kappa shape index (κ3) is 5.30. The Morgan fingerprint density at radius 2 is 1.33 bits per heavy atom. The van der Waals surface area contributed by atoms with Gasteiger partial charge in [-0.25, -0.2) is 13.2 Å². The molecule has 3 aromatic rings. The fourth-order valence-corrected chi connectivity index (χ4v) is 3.22. The highest BCUT2D eigenvalue weighted by Crippen LogP contribution is 2.19. The number of hydrogen-bond acceptors (Lipinski definition) is 2. The Balaban J connectivity index is 1.60. The maximum atomic E-state index is 14.5. The van der Waals surface area contributed by atoms with Crippen LogP contribution in [0.5, 0.6) is 5.75 Å². The highest BCUT2D eigenvalue weighted by Gasteiger charge is 2.11. The van der Waals surface area contributed by atoms with E-state index in [2.05, 4.69) is 6.58 Å². The second-order valence-electron chi connectivity index (χ2n) is 6.90. The van der Waals surface area contributed by atoms with E-state index in [4.69, 9.17) is 10.00 Å². The summed E-state index contributed by atoms with van der Waals surface area (Å²) in [6, 6.07) is 16.5. The Kier molecular flexibility index (Phi) is 6.92. The van der Waals surface area contributed by atoms with Crippen LogP contribution in [0.15, 0.2) is 67.4 Å². The quantitative estimate of drug-likeness (QED) is 0.425. The van der Waals surface area contributed by atoms with E-state index in [1.54, 1.807) is 6.07 Å². The largest absolute Gasteiger partial charge is 0.466 e. The van der Waals surface area contributed by atoms with Crippen LogP contribution in [0.25, 0.3) is 0 Å². The molecule has 0 saturated carbocycles. The van der Waals surface area contributed by atoms with Gasteiger partial charge in [0.2, 0.25) is 0 Å². The maximum Gasteiger partial charge on any atom is 0.144 e. The fourth-order valence-electron chi connectivity index (χ4n) is 3.22. The van der Waals surface area contributed by atoms with Crippen molar-refractivity contribution in [1.29, 1.82) is 5.26 Å². The van der Waals surface area contributed by atoms with E-state index in [-0.39, 0.29) is 12.2 Å². The maximum absolute atomic E-state index is 14.5. The summed E-state index contributed by atoms with van der Waals surface area (Å²) in [5.74, 6) is -1.41. The molecule has 0 fully saturated rings. The number of hydrogen-bond donors (Lipinski definition) is 0. The van der Waals surface area contributed by atoms with E-state index >= 15 is 0 Å². The number of rotatable bonds is 8. The Labute approximate surface area is 173 Å². The van der Waals surface area contributed by atoms with Gasteiger partial charge in [0, 0.05) is 0 Å². The number of ether oxygens (including phenoxy) is 1. The number of benzene rings is 3. The summed E-state index contributed by atoms with van der Waals surface area (Å²) in [6.45, 7) is 3.51. The minimum atomic E-state index is -0.896. The standard InChI is InChI=1S/C25H20F3NO/c1-2-30-21-11-7-17(8-12-21)3-4-18-5-9-20(23(26)13-18)10-6-19-14-24(27)22(16-29)25(28)15-19/h2,5,7-9,11-15H,1,3-4,6,10H2. The van der Waals surface area contributed by atoms with E-state index in [1.165, 1.54) is 18.4 Å². The zero-order valence-corrected chi connectivity index (χ0v) is 16.3. The molecule has 0 amide bonds. The second kappa shape index (κ2) is 9.80. The van der Waals surface area contributed by atoms with E-state index in [0.29, 0.717) is 29.7 Å². The Bertz CT molecular complexity index is 1060. The summed E-state index contributed by atoms with van der Waals surface area (Å²) in [6.07, 6.45) is 3.39. The molecule has 2 nitrogen and oxygen atoms in total. The van der Waals surface area contributed by atoms with Crippen molar-refractivity contribution in [1.82, 2.24) is 0 Å². The van der Waals surface area contributed by atoms with Crippen LogP contribution in [0.2, 0.25) is 0 Å². The summed E-state index contributed by atoms with van der Waals surface area (Å²) in [5, 5.41) is 8.72. The lowest BCUT2D eigenvalue weighted by Crippen LogP contribution is -2.00. The van der Waals surface area contributed by atoms with Gasteiger partial charge in [0.05, 0.1) is 6.26 Å². The highest BCUT2D eigenvalue weighted by molar-refractivity contribution is 5.36. The van der Waals surface area contributed by atoms with Crippen molar-refractivity contribution in [3.8, 4) is 11.8 Å². The molecule has 5 heteroatoms. The summed E-state index contributed by atoms with van der Waals surface area (Å²) in [5.41, 5.74) is 2.25. The van der Waals surface area contributed by atoms with Crippen molar-refractivity contribution >= 4 is 0 Å². The van der Waals surface area contributed by atoms with Gasteiger partial charge < -0.3 is 4.74 Å². The zero-order valence-electron chi connectivity index (χ0n) is 16.3. The van der Waals surface area contributed by atoms with Gasteiger partial charge in [-0.05, 0) is 78.3 Å². The predicted octanol–water partition coefficient (Wildman–Crippen LogP) is 6.07. The lowest BCUT2D eigenvalue weighted by atomic mass is 9.99. The SMILES string of the molecule is C=COc1ccc(CCc2ccc(CCc3cc(F)c(C#N)c(F)c3)c(F)c2)cc1. The van der Waals surface area contributed by atoms with Gasteiger partial charge in [-0.1, -0.05) is 30.8 Å². The first-order valence-corrected chi connectivity index (χ1v) is 9.52. The molecule has 0 bridgehead atoms.